The van der Waals surface area contributed by atoms with Gasteiger partial charge < -0.3 is 15.2 Å². The maximum absolute atomic E-state index is 11.0. The molecule has 2 aliphatic heterocycles. The number of piperidine rings is 1. The van der Waals surface area contributed by atoms with E-state index in [4.69, 9.17) is 9.84 Å². The molecule has 0 radical (unpaired) electrons. The highest BCUT2D eigenvalue weighted by molar-refractivity contribution is 7.14. The van der Waals surface area contributed by atoms with Gasteiger partial charge in [0.05, 0.1) is 12.2 Å². The van der Waals surface area contributed by atoms with Crippen LogP contribution in [0.3, 0.4) is 0 Å². The fourth-order valence-corrected chi connectivity index (χ4v) is 3.84. The van der Waals surface area contributed by atoms with Gasteiger partial charge in [0.1, 0.15) is 4.88 Å². The van der Waals surface area contributed by atoms with Crippen molar-refractivity contribution in [2.75, 3.05) is 19.7 Å². The largest absolute Gasteiger partial charge is 0.477 e. The maximum Gasteiger partial charge on any atom is 0.345 e. The number of nitrogens with one attached hydrogen (secondary N) is 1. The van der Waals surface area contributed by atoms with Crippen LogP contribution >= 0.6 is 11.3 Å². The molecular weight excluding hydrogens is 238 g/mol. The zero-order chi connectivity index (χ0) is 11.9. The van der Waals surface area contributed by atoms with Gasteiger partial charge in [0.2, 0.25) is 0 Å². The molecule has 1 aromatic heterocycles. The summed E-state index contributed by atoms with van der Waals surface area (Å²) in [5.41, 5.74) is 0.913. The van der Waals surface area contributed by atoms with Gasteiger partial charge in [-0.15, -0.1) is 11.3 Å². The summed E-state index contributed by atoms with van der Waals surface area (Å²) in [6, 6.07) is 1.83. The number of carboxylic acids is 1. The Labute approximate surface area is 104 Å². The molecule has 3 rings (SSSR count). The Bertz CT molecular complexity index is 449. The van der Waals surface area contributed by atoms with Gasteiger partial charge in [0, 0.05) is 11.3 Å². The van der Waals surface area contributed by atoms with Crippen LogP contribution in [0.25, 0.3) is 0 Å². The van der Waals surface area contributed by atoms with Crippen molar-refractivity contribution in [3.63, 3.8) is 0 Å². The van der Waals surface area contributed by atoms with E-state index in [-0.39, 0.29) is 5.60 Å². The van der Waals surface area contributed by atoms with Crippen LogP contribution in [0, 0.1) is 0 Å². The lowest BCUT2D eigenvalue weighted by Gasteiger charge is -2.40. The number of hydrogen-bond donors (Lipinski definition) is 2. The number of carbonyl (C=O) groups is 1. The van der Waals surface area contributed by atoms with Crippen LogP contribution < -0.4 is 5.32 Å². The molecule has 1 spiro atoms. The average Bonchev–Trinajstić information content (AvgIpc) is 2.76. The van der Waals surface area contributed by atoms with E-state index in [0.29, 0.717) is 11.5 Å². The molecule has 0 aliphatic carbocycles. The molecule has 2 aliphatic rings. The second-order valence-electron chi connectivity index (χ2n) is 4.60. The molecule has 0 bridgehead atoms. The highest BCUT2D eigenvalue weighted by atomic mass is 32.1. The van der Waals surface area contributed by atoms with Gasteiger partial charge >= 0.3 is 5.97 Å². The number of hydrogen-bond acceptors (Lipinski definition) is 4. The normalized spacial score (nSPS) is 22.4. The van der Waals surface area contributed by atoms with Gasteiger partial charge in [-0.05, 0) is 37.6 Å². The van der Waals surface area contributed by atoms with Gasteiger partial charge in [-0.2, -0.15) is 0 Å². The predicted molar refractivity (Wildman–Crippen MR) is 64.7 cm³/mol. The SMILES string of the molecule is O=C(O)c1cc2c(s1)CCOC21CCNCC1. The van der Waals surface area contributed by atoms with Crippen molar-refractivity contribution in [3.8, 4) is 0 Å². The number of carboxylic acid groups (broad SMARTS) is 1. The van der Waals surface area contributed by atoms with Crippen molar-refractivity contribution in [3.05, 3.63) is 21.4 Å². The Morgan fingerprint density at radius 1 is 1.47 bits per heavy atom. The molecule has 0 unspecified atom stereocenters. The Hall–Kier alpha value is -0.910. The van der Waals surface area contributed by atoms with Crippen LogP contribution in [0.15, 0.2) is 6.07 Å². The Balaban J connectivity index is 2.03. The summed E-state index contributed by atoms with van der Waals surface area (Å²) < 4.78 is 6.00. The standard InChI is InChI=1S/C12H15NO3S/c14-11(15)10-7-8-9(17-10)1-6-16-12(8)2-4-13-5-3-12/h7,13H,1-6H2,(H,14,15). The van der Waals surface area contributed by atoms with Gasteiger partial charge in [-0.3, -0.25) is 0 Å². The van der Waals surface area contributed by atoms with Gasteiger partial charge in [0.25, 0.3) is 0 Å². The van der Waals surface area contributed by atoms with Crippen LogP contribution in [0.2, 0.25) is 0 Å². The molecule has 0 aromatic carbocycles. The fraction of sp³-hybridized carbons (Fsp3) is 0.583. The molecule has 1 aromatic rings. The second-order valence-corrected chi connectivity index (χ2v) is 5.73. The molecule has 1 fully saturated rings. The zero-order valence-electron chi connectivity index (χ0n) is 9.49. The minimum absolute atomic E-state index is 0.219. The fourth-order valence-electron chi connectivity index (χ4n) is 2.77. The van der Waals surface area contributed by atoms with Crippen molar-refractivity contribution >= 4 is 17.3 Å². The van der Waals surface area contributed by atoms with Crippen molar-refractivity contribution < 1.29 is 14.6 Å². The molecule has 3 heterocycles. The van der Waals surface area contributed by atoms with Crippen LogP contribution in [-0.4, -0.2) is 30.8 Å². The monoisotopic (exact) mass is 253 g/mol. The van der Waals surface area contributed by atoms with Crippen LogP contribution in [0.1, 0.15) is 33.0 Å². The lowest BCUT2D eigenvalue weighted by molar-refractivity contribution is -0.0792. The zero-order valence-corrected chi connectivity index (χ0v) is 10.3. The molecule has 1 saturated heterocycles. The molecule has 0 saturated carbocycles. The third-order valence-electron chi connectivity index (χ3n) is 3.63. The number of aromatic carboxylic acids is 1. The third-order valence-corrected chi connectivity index (χ3v) is 4.81. The summed E-state index contributed by atoms with van der Waals surface area (Å²) in [7, 11) is 0. The average molecular weight is 253 g/mol. The molecule has 0 amide bonds. The first-order chi connectivity index (χ1) is 8.21. The van der Waals surface area contributed by atoms with Crippen LogP contribution in [0.5, 0.6) is 0 Å². The Morgan fingerprint density at radius 3 is 2.94 bits per heavy atom. The predicted octanol–water partition coefficient (Wildman–Crippen LogP) is 1.60. The minimum Gasteiger partial charge on any atom is -0.477 e. The first-order valence-corrected chi connectivity index (χ1v) is 6.74. The smallest absolute Gasteiger partial charge is 0.345 e. The highest BCUT2D eigenvalue weighted by Crippen LogP contribution is 2.43. The van der Waals surface area contributed by atoms with E-state index >= 15 is 0 Å². The third kappa shape index (κ3) is 1.78. The molecule has 2 N–H and O–H groups in total. The first-order valence-electron chi connectivity index (χ1n) is 5.92. The highest BCUT2D eigenvalue weighted by Gasteiger charge is 2.40. The van der Waals surface area contributed by atoms with Crippen molar-refractivity contribution in [1.29, 1.82) is 0 Å². The molecular formula is C12H15NO3S. The van der Waals surface area contributed by atoms with E-state index in [2.05, 4.69) is 5.32 Å². The van der Waals surface area contributed by atoms with E-state index in [0.717, 1.165) is 37.9 Å². The molecule has 4 nitrogen and oxygen atoms in total. The Kier molecular flexibility index (Phi) is 2.69. The summed E-state index contributed by atoms with van der Waals surface area (Å²) in [6.07, 6.45) is 2.73. The minimum atomic E-state index is -0.825. The lowest BCUT2D eigenvalue weighted by Crippen LogP contribution is -2.44. The summed E-state index contributed by atoms with van der Waals surface area (Å²) in [4.78, 5) is 12.7. The number of rotatable bonds is 1. The van der Waals surface area contributed by atoms with Gasteiger partial charge in [0.15, 0.2) is 0 Å². The number of fused-ring (bicyclic) bond motifs is 2. The van der Waals surface area contributed by atoms with Gasteiger partial charge in [-0.25, -0.2) is 4.79 Å². The van der Waals surface area contributed by atoms with E-state index in [9.17, 15) is 4.79 Å². The molecule has 17 heavy (non-hydrogen) atoms. The van der Waals surface area contributed by atoms with Crippen LogP contribution in [-0.2, 0) is 16.8 Å². The maximum atomic E-state index is 11.0. The molecule has 92 valence electrons. The van der Waals surface area contributed by atoms with E-state index < -0.39 is 5.97 Å². The second kappa shape index (κ2) is 4.08. The van der Waals surface area contributed by atoms with Crippen molar-refractivity contribution in [2.45, 2.75) is 24.9 Å². The van der Waals surface area contributed by atoms with Crippen LogP contribution in [0.4, 0.5) is 0 Å². The summed E-state index contributed by atoms with van der Waals surface area (Å²) in [6.45, 7) is 2.60. The van der Waals surface area contributed by atoms with E-state index in [1.54, 1.807) is 0 Å². The summed E-state index contributed by atoms with van der Waals surface area (Å²) >= 11 is 1.41. The molecule has 5 heteroatoms. The van der Waals surface area contributed by atoms with Crippen molar-refractivity contribution in [1.82, 2.24) is 5.32 Å². The number of thiophene rings is 1. The topological polar surface area (TPSA) is 58.6 Å². The van der Waals surface area contributed by atoms with Crippen molar-refractivity contribution in [2.24, 2.45) is 0 Å². The van der Waals surface area contributed by atoms with Gasteiger partial charge in [-0.1, -0.05) is 0 Å². The number of ether oxygens (including phenoxy) is 1. The summed E-state index contributed by atoms with van der Waals surface area (Å²) in [5.74, 6) is -0.825. The quantitative estimate of drug-likeness (QED) is 0.798. The van der Waals surface area contributed by atoms with E-state index in [1.165, 1.54) is 16.2 Å². The summed E-state index contributed by atoms with van der Waals surface area (Å²) in [5, 5.41) is 12.4. The first kappa shape index (κ1) is 11.2. The lowest BCUT2D eigenvalue weighted by atomic mass is 9.83. The molecule has 0 atom stereocenters. The van der Waals surface area contributed by atoms with E-state index in [1.807, 2.05) is 6.07 Å². The Morgan fingerprint density at radius 2 is 2.24 bits per heavy atom.